The fraction of sp³-hybridized carbons (Fsp3) is 0.235. The second kappa shape index (κ2) is 7.25. The minimum absolute atomic E-state index is 0.00442. The Labute approximate surface area is 130 Å². The Balaban J connectivity index is 1.96. The zero-order valence-corrected chi connectivity index (χ0v) is 12.9. The average Bonchev–Trinajstić information content (AvgIpc) is 2.48. The SMILES string of the molecule is C[C@H](N[C@H](C)c1ccccc1Cl)C(=O)Nc1ccccc1. The van der Waals surface area contributed by atoms with Gasteiger partial charge in [-0.05, 0) is 37.6 Å². The average molecular weight is 303 g/mol. The molecular formula is C17H19ClN2O. The molecule has 0 aliphatic carbocycles. The van der Waals surface area contributed by atoms with Crippen LogP contribution in [-0.2, 0) is 4.79 Å². The lowest BCUT2D eigenvalue weighted by atomic mass is 10.1. The molecule has 0 fully saturated rings. The van der Waals surface area contributed by atoms with E-state index in [4.69, 9.17) is 11.6 Å². The Kier molecular flexibility index (Phi) is 5.37. The lowest BCUT2D eigenvalue weighted by molar-refractivity contribution is -0.117. The Bertz CT molecular complexity index is 601. The van der Waals surface area contributed by atoms with Crippen molar-refractivity contribution < 1.29 is 4.79 Å². The third-order valence-electron chi connectivity index (χ3n) is 3.31. The van der Waals surface area contributed by atoms with E-state index >= 15 is 0 Å². The number of nitrogens with one attached hydrogen (secondary N) is 2. The minimum Gasteiger partial charge on any atom is -0.325 e. The number of benzene rings is 2. The quantitative estimate of drug-likeness (QED) is 0.876. The molecule has 21 heavy (non-hydrogen) atoms. The number of para-hydroxylation sites is 1. The third kappa shape index (κ3) is 4.31. The van der Waals surface area contributed by atoms with Crippen LogP contribution in [0.1, 0.15) is 25.5 Å². The smallest absolute Gasteiger partial charge is 0.241 e. The highest BCUT2D eigenvalue weighted by atomic mass is 35.5. The van der Waals surface area contributed by atoms with Crippen molar-refractivity contribution in [2.75, 3.05) is 5.32 Å². The van der Waals surface area contributed by atoms with Crippen LogP contribution in [-0.4, -0.2) is 11.9 Å². The monoisotopic (exact) mass is 302 g/mol. The van der Waals surface area contributed by atoms with E-state index in [1.165, 1.54) is 0 Å². The van der Waals surface area contributed by atoms with E-state index in [0.29, 0.717) is 5.02 Å². The van der Waals surface area contributed by atoms with Crippen LogP contribution in [0.25, 0.3) is 0 Å². The van der Waals surface area contributed by atoms with Crippen LogP contribution >= 0.6 is 11.6 Å². The van der Waals surface area contributed by atoms with Gasteiger partial charge in [0, 0.05) is 16.8 Å². The van der Waals surface area contributed by atoms with Crippen molar-refractivity contribution in [1.29, 1.82) is 0 Å². The van der Waals surface area contributed by atoms with Gasteiger partial charge in [0.1, 0.15) is 0 Å². The molecule has 2 rings (SSSR count). The van der Waals surface area contributed by atoms with Gasteiger partial charge in [0.05, 0.1) is 6.04 Å². The van der Waals surface area contributed by atoms with Gasteiger partial charge in [0.2, 0.25) is 5.91 Å². The number of rotatable bonds is 5. The van der Waals surface area contributed by atoms with Crippen LogP contribution in [0.4, 0.5) is 5.69 Å². The summed E-state index contributed by atoms with van der Waals surface area (Å²) >= 11 is 6.17. The Morgan fingerprint density at radius 1 is 1.00 bits per heavy atom. The molecule has 0 aromatic heterocycles. The summed E-state index contributed by atoms with van der Waals surface area (Å²) in [4.78, 5) is 12.2. The van der Waals surface area contributed by atoms with Gasteiger partial charge >= 0.3 is 0 Å². The fourth-order valence-electron chi connectivity index (χ4n) is 2.14. The van der Waals surface area contributed by atoms with Gasteiger partial charge in [-0.15, -0.1) is 0 Å². The molecular weight excluding hydrogens is 284 g/mol. The molecule has 2 atom stereocenters. The summed E-state index contributed by atoms with van der Waals surface area (Å²) < 4.78 is 0. The Hall–Kier alpha value is -1.84. The molecule has 0 aliphatic heterocycles. The first-order valence-corrected chi connectivity index (χ1v) is 7.32. The van der Waals surface area contributed by atoms with Crippen LogP contribution in [0.3, 0.4) is 0 Å². The summed E-state index contributed by atoms with van der Waals surface area (Å²) in [6, 6.07) is 16.7. The second-order valence-electron chi connectivity index (χ2n) is 4.99. The topological polar surface area (TPSA) is 41.1 Å². The lowest BCUT2D eigenvalue weighted by Crippen LogP contribution is -2.39. The van der Waals surface area contributed by atoms with Crippen molar-refractivity contribution in [3.05, 3.63) is 65.2 Å². The predicted molar refractivity (Wildman–Crippen MR) is 87.5 cm³/mol. The zero-order valence-electron chi connectivity index (χ0n) is 12.1. The molecule has 110 valence electrons. The highest BCUT2D eigenvalue weighted by molar-refractivity contribution is 6.31. The number of anilines is 1. The number of hydrogen-bond donors (Lipinski definition) is 2. The van der Waals surface area contributed by atoms with Crippen molar-refractivity contribution >= 4 is 23.2 Å². The van der Waals surface area contributed by atoms with E-state index in [9.17, 15) is 4.79 Å². The molecule has 4 heteroatoms. The number of carbonyl (C=O) groups excluding carboxylic acids is 1. The van der Waals surface area contributed by atoms with Gasteiger partial charge in [0.25, 0.3) is 0 Å². The molecule has 0 unspecified atom stereocenters. The van der Waals surface area contributed by atoms with Crippen molar-refractivity contribution in [1.82, 2.24) is 5.32 Å². The van der Waals surface area contributed by atoms with E-state index in [1.54, 1.807) is 0 Å². The molecule has 0 spiro atoms. The normalized spacial score (nSPS) is 13.5. The van der Waals surface area contributed by atoms with E-state index < -0.39 is 0 Å². The van der Waals surface area contributed by atoms with E-state index in [0.717, 1.165) is 11.3 Å². The van der Waals surface area contributed by atoms with E-state index in [1.807, 2.05) is 68.4 Å². The molecule has 3 nitrogen and oxygen atoms in total. The largest absolute Gasteiger partial charge is 0.325 e. The molecule has 0 heterocycles. The first-order valence-electron chi connectivity index (χ1n) is 6.94. The molecule has 1 amide bonds. The fourth-order valence-corrected chi connectivity index (χ4v) is 2.44. The Morgan fingerprint density at radius 3 is 2.29 bits per heavy atom. The van der Waals surface area contributed by atoms with Gasteiger partial charge in [-0.25, -0.2) is 0 Å². The standard InChI is InChI=1S/C17H19ClN2O/c1-12(15-10-6-7-11-16(15)18)19-13(2)17(21)20-14-8-4-3-5-9-14/h3-13,19H,1-2H3,(H,20,21)/t12-,13+/m1/s1. The van der Waals surface area contributed by atoms with Crippen LogP contribution < -0.4 is 10.6 Å². The Morgan fingerprint density at radius 2 is 1.62 bits per heavy atom. The predicted octanol–water partition coefficient (Wildman–Crippen LogP) is 4.02. The van der Waals surface area contributed by atoms with Gasteiger partial charge in [0.15, 0.2) is 0 Å². The van der Waals surface area contributed by atoms with Crippen LogP contribution in [0, 0.1) is 0 Å². The van der Waals surface area contributed by atoms with Gasteiger partial charge < -0.3 is 5.32 Å². The number of halogens is 1. The highest BCUT2D eigenvalue weighted by Gasteiger charge is 2.17. The van der Waals surface area contributed by atoms with Gasteiger partial charge in [-0.1, -0.05) is 48.0 Å². The number of hydrogen-bond acceptors (Lipinski definition) is 2. The molecule has 0 saturated carbocycles. The summed E-state index contributed by atoms with van der Waals surface area (Å²) in [6.07, 6.45) is 0. The van der Waals surface area contributed by atoms with Crippen molar-refractivity contribution in [2.24, 2.45) is 0 Å². The highest BCUT2D eigenvalue weighted by Crippen LogP contribution is 2.22. The summed E-state index contributed by atoms with van der Waals surface area (Å²) in [6.45, 7) is 3.83. The molecule has 2 aromatic carbocycles. The lowest BCUT2D eigenvalue weighted by Gasteiger charge is -2.20. The summed E-state index contributed by atoms with van der Waals surface area (Å²) in [7, 11) is 0. The first-order chi connectivity index (χ1) is 10.1. The molecule has 0 radical (unpaired) electrons. The summed E-state index contributed by atoms with van der Waals surface area (Å²) in [5.41, 5.74) is 1.78. The number of amides is 1. The first kappa shape index (κ1) is 15.5. The summed E-state index contributed by atoms with van der Waals surface area (Å²) in [5, 5.41) is 6.84. The van der Waals surface area contributed by atoms with E-state index in [2.05, 4.69) is 10.6 Å². The van der Waals surface area contributed by atoms with Gasteiger partial charge in [-0.2, -0.15) is 0 Å². The molecule has 0 bridgehead atoms. The zero-order chi connectivity index (χ0) is 15.2. The van der Waals surface area contributed by atoms with Crippen LogP contribution in [0.2, 0.25) is 5.02 Å². The molecule has 0 saturated heterocycles. The number of carbonyl (C=O) groups is 1. The maximum atomic E-state index is 12.2. The van der Waals surface area contributed by atoms with Crippen molar-refractivity contribution in [3.8, 4) is 0 Å². The van der Waals surface area contributed by atoms with Crippen LogP contribution in [0.5, 0.6) is 0 Å². The minimum atomic E-state index is -0.323. The maximum absolute atomic E-state index is 12.2. The summed E-state index contributed by atoms with van der Waals surface area (Å²) in [5.74, 6) is -0.0693. The van der Waals surface area contributed by atoms with Gasteiger partial charge in [-0.3, -0.25) is 10.1 Å². The molecule has 0 aliphatic rings. The third-order valence-corrected chi connectivity index (χ3v) is 3.65. The second-order valence-corrected chi connectivity index (χ2v) is 5.39. The molecule has 2 N–H and O–H groups in total. The molecule has 2 aromatic rings. The van der Waals surface area contributed by atoms with Crippen molar-refractivity contribution in [2.45, 2.75) is 25.9 Å². The van der Waals surface area contributed by atoms with Crippen LogP contribution in [0.15, 0.2) is 54.6 Å². The maximum Gasteiger partial charge on any atom is 0.241 e. The van der Waals surface area contributed by atoms with Crippen molar-refractivity contribution in [3.63, 3.8) is 0 Å². The van der Waals surface area contributed by atoms with E-state index in [-0.39, 0.29) is 18.0 Å².